The highest BCUT2D eigenvalue weighted by Crippen LogP contribution is 2.13. The molecular weight excluding hydrogens is 220 g/mol. The summed E-state index contributed by atoms with van der Waals surface area (Å²) in [4.78, 5) is 0. The summed E-state index contributed by atoms with van der Waals surface area (Å²) in [6, 6.07) is 8.55. The van der Waals surface area contributed by atoms with Crippen molar-refractivity contribution in [2.75, 3.05) is 13.1 Å². The van der Waals surface area contributed by atoms with Gasteiger partial charge in [-0.2, -0.15) is 0 Å². The Morgan fingerprint density at radius 2 is 2.00 bits per heavy atom. The molecule has 1 aromatic rings. The van der Waals surface area contributed by atoms with Gasteiger partial charge in [0.25, 0.3) is 0 Å². The zero-order valence-electron chi connectivity index (χ0n) is 10.1. The van der Waals surface area contributed by atoms with E-state index in [1.54, 1.807) is 0 Å². The van der Waals surface area contributed by atoms with E-state index >= 15 is 0 Å². The first-order valence-electron chi connectivity index (χ1n) is 5.91. The minimum atomic E-state index is 0.599. The molecule has 0 bridgehead atoms. The van der Waals surface area contributed by atoms with E-state index in [1.165, 1.54) is 6.42 Å². The van der Waals surface area contributed by atoms with Gasteiger partial charge in [0.1, 0.15) is 0 Å². The molecule has 3 heteroatoms. The summed E-state index contributed by atoms with van der Waals surface area (Å²) in [5.74, 6) is 0. The summed E-state index contributed by atoms with van der Waals surface area (Å²) in [6.45, 7) is 7.19. The first kappa shape index (κ1) is 13.5. The van der Waals surface area contributed by atoms with E-state index in [-0.39, 0.29) is 0 Å². The summed E-state index contributed by atoms with van der Waals surface area (Å²) in [7, 11) is 0. The van der Waals surface area contributed by atoms with Crippen LogP contribution in [-0.2, 0) is 6.54 Å². The molecule has 90 valence electrons. The highest BCUT2D eigenvalue weighted by Gasteiger charge is 1.98. The van der Waals surface area contributed by atoms with E-state index in [0.29, 0.717) is 6.04 Å². The van der Waals surface area contributed by atoms with Crippen LogP contribution in [0.4, 0.5) is 0 Å². The van der Waals surface area contributed by atoms with Gasteiger partial charge in [-0.25, -0.2) is 0 Å². The molecule has 0 aliphatic rings. The van der Waals surface area contributed by atoms with Crippen LogP contribution in [-0.4, -0.2) is 19.1 Å². The van der Waals surface area contributed by atoms with Gasteiger partial charge in [-0.3, -0.25) is 0 Å². The molecule has 2 N–H and O–H groups in total. The van der Waals surface area contributed by atoms with Crippen molar-refractivity contribution in [3.8, 4) is 0 Å². The van der Waals surface area contributed by atoms with Crippen molar-refractivity contribution in [2.24, 2.45) is 0 Å². The average molecular weight is 241 g/mol. The lowest BCUT2D eigenvalue weighted by molar-refractivity contribution is 0.517. The molecule has 0 spiro atoms. The molecule has 1 atom stereocenters. The molecule has 1 aromatic carbocycles. The molecular formula is C13H21ClN2. The molecule has 2 nitrogen and oxygen atoms in total. The van der Waals surface area contributed by atoms with Crippen LogP contribution in [0.5, 0.6) is 0 Å². The van der Waals surface area contributed by atoms with Gasteiger partial charge in [-0.15, -0.1) is 0 Å². The van der Waals surface area contributed by atoms with E-state index in [9.17, 15) is 0 Å². The molecule has 16 heavy (non-hydrogen) atoms. The Kier molecular flexibility index (Phi) is 6.46. The van der Waals surface area contributed by atoms with Gasteiger partial charge in [0, 0.05) is 30.7 Å². The van der Waals surface area contributed by atoms with Gasteiger partial charge < -0.3 is 10.6 Å². The maximum absolute atomic E-state index is 6.05. The minimum absolute atomic E-state index is 0.599. The number of hydrogen-bond acceptors (Lipinski definition) is 2. The van der Waals surface area contributed by atoms with Crippen molar-refractivity contribution in [2.45, 2.75) is 32.9 Å². The fraction of sp³-hybridized carbons (Fsp3) is 0.538. The van der Waals surface area contributed by atoms with Gasteiger partial charge in [0.2, 0.25) is 0 Å². The van der Waals surface area contributed by atoms with Crippen LogP contribution < -0.4 is 10.6 Å². The van der Waals surface area contributed by atoms with E-state index in [2.05, 4.69) is 30.5 Å². The van der Waals surface area contributed by atoms with Crippen LogP contribution in [0.3, 0.4) is 0 Å². The van der Waals surface area contributed by atoms with Gasteiger partial charge >= 0.3 is 0 Å². The third kappa shape index (κ3) is 4.97. The Morgan fingerprint density at radius 3 is 2.69 bits per heavy atom. The van der Waals surface area contributed by atoms with Gasteiger partial charge in [0.15, 0.2) is 0 Å². The van der Waals surface area contributed by atoms with Gasteiger partial charge in [0.05, 0.1) is 0 Å². The smallest absolute Gasteiger partial charge is 0.0450 e. The number of benzene rings is 1. The Labute approximate surface area is 103 Å². The molecule has 0 heterocycles. The van der Waals surface area contributed by atoms with E-state index in [0.717, 1.165) is 30.2 Å². The summed E-state index contributed by atoms with van der Waals surface area (Å²) in [5.41, 5.74) is 1.16. The zero-order valence-corrected chi connectivity index (χ0v) is 10.8. The molecule has 0 saturated carbocycles. The Bertz CT molecular complexity index is 302. The van der Waals surface area contributed by atoms with Crippen molar-refractivity contribution in [3.05, 3.63) is 34.9 Å². The molecule has 0 aliphatic heterocycles. The predicted octanol–water partition coefficient (Wildman–Crippen LogP) is 2.82. The fourth-order valence-electron chi connectivity index (χ4n) is 1.42. The van der Waals surface area contributed by atoms with Gasteiger partial charge in [-0.1, -0.05) is 36.7 Å². The zero-order chi connectivity index (χ0) is 11.8. The minimum Gasteiger partial charge on any atom is -0.313 e. The van der Waals surface area contributed by atoms with Crippen LogP contribution in [0.15, 0.2) is 24.3 Å². The largest absolute Gasteiger partial charge is 0.313 e. The van der Waals surface area contributed by atoms with Crippen LogP contribution in [0.2, 0.25) is 5.02 Å². The monoisotopic (exact) mass is 240 g/mol. The summed E-state index contributed by atoms with van der Waals surface area (Å²) in [5, 5.41) is 7.65. The quantitative estimate of drug-likeness (QED) is 0.717. The first-order chi connectivity index (χ1) is 7.74. The van der Waals surface area contributed by atoms with Crippen LogP contribution in [0.1, 0.15) is 25.8 Å². The average Bonchev–Trinajstić information content (AvgIpc) is 2.30. The number of halogens is 1. The Hall–Kier alpha value is -0.570. The van der Waals surface area contributed by atoms with Crippen molar-refractivity contribution >= 4 is 11.6 Å². The molecule has 1 rings (SSSR count). The molecule has 0 saturated heterocycles. The van der Waals surface area contributed by atoms with Crippen molar-refractivity contribution in [1.29, 1.82) is 0 Å². The molecule has 0 radical (unpaired) electrons. The molecule has 0 amide bonds. The number of nitrogens with one attached hydrogen (secondary N) is 2. The SMILES string of the molecule is CCC(C)NCCNCc1ccccc1Cl. The van der Waals surface area contributed by atoms with Crippen molar-refractivity contribution in [1.82, 2.24) is 10.6 Å². The third-order valence-electron chi connectivity index (χ3n) is 2.68. The maximum atomic E-state index is 6.05. The summed E-state index contributed by atoms with van der Waals surface area (Å²) >= 11 is 6.05. The normalized spacial score (nSPS) is 12.7. The molecule has 0 aliphatic carbocycles. The Morgan fingerprint density at radius 1 is 1.25 bits per heavy atom. The lowest BCUT2D eigenvalue weighted by Gasteiger charge is -2.11. The van der Waals surface area contributed by atoms with Crippen LogP contribution in [0, 0.1) is 0 Å². The summed E-state index contributed by atoms with van der Waals surface area (Å²) in [6.07, 6.45) is 1.17. The third-order valence-corrected chi connectivity index (χ3v) is 3.05. The van der Waals surface area contributed by atoms with E-state index in [1.807, 2.05) is 18.2 Å². The number of rotatable bonds is 7. The van der Waals surface area contributed by atoms with E-state index < -0.39 is 0 Å². The van der Waals surface area contributed by atoms with Crippen LogP contribution in [0.25, 0.3) is 0 Å². The van der Waals surface area contributed by atoms with Gasteiger partial charge in [-0.05, 0) is 25.0 Å². The van der Waals surface area contributed by atoms with Crippen molar-refractivity contribution in [3.63, 3.8) is 0 Å². The molecule has 0 aromatic heterocycles. The topological polar surface area (TPSA) is 24.1 Å². The standard InChI is InChI=1S/C13H21ClN2/c1-3-11(2)16-9-8-15-10-12-6-4-5-7-13(12)14/h4-7,11,15-16H,3,8-10H2,1-2H3. The lowest BCUT2D eigenvalue weighted by Crippen LogP contribution is -2.32. The lowest BCUT2D eigenvalue weighted by atomic mass is 10.2. The maximum Gasteiger partial charge on any atom is 0.0450 e. The fourth-order valence-corrected chi connectivity index (χ4v) is 1.62. The highest BCUT2D eigenvalue weighted by molar-refractivity contribution is 6.31. The molecule has 0 fully saturated rings. The second-order valence-corrected chi connectivity index (χ2v) is 4.44. The van der Waals surface area contributed by atoms with Crippen molar-refractivity contribution < 1.29 is 0 Å². The first-order valence-corrected chi connectivity index (χ1v) is 6.29. The predicted molar refractivity (Wildman–Crippen MR) is 70.9 cm³/mol. The molecule has 1 unspecified atom stereocenters. The summed E-state index contributed by atoms with van der Waals surface area (Å²) < 4.78 is 0. The highest BCUT2D eigenvalue weighted by atomic mass is 35.5. The number of hydrogen-bond donors (Lipinski definition) is 2. The second kappa shape index (κ2) is 7.66. The van der Waals surface area contributed by atoms with E-state index in [4.69, 9.17) is 11.6 Å². The Balaban J connectivity index is 2.14. The van der Waals surface area contributed by atoms with Crippen LogP contribution >= 0.6 is 11.6 Å². The second-order valence-electron chi connectivity index (χ2n) is 4.03.